The first-order valence-corrected chi connectivity index (χ1v) is 9.36. The number of hydrogen-bond donors (Lipinski definition) is 0. The molecule has 0 saturated carbocycles. The maximum absolute atomic E-state index is 6.09. The molecule has 0 spiro atoms. The van der Waals surface area contributed by atoms with Gasteiger partial charge in [0.2, 0.25) is 0 Å². The Kier molecular flexibility index (Phi) is 4.51. The van der Waals surface area contributed by atoms with Gasteiger partial charge in [-0.05, 0) is 12.5 Å². The molecule has 0 aliphatic rings. The van der Waals surface area contributed by atoms with Gasteiger partial charge >= 0.3 is 0 Å². The minimum absolute atomic E-state index is 0.135. The quantitative estimate of drug-likeness (QED) is 0.548. The van der Waals surface area contributed by atoms with Crippen LogP contribution in [0.25, 0.3) is 0 Å². The van der Waals surface area contributed by atoms with Gasteiger partial charge in [0.15, 0.2) is 0 Å². The molecule has 0 heterocycles. The van der Waals surface area contributed by atoms with Gasteiger partial charge in [-0.1, -0.05) is 56.0 Å². The van der Waals surface area contributed by atoms with Crippen LogP contribution in [0.15, 0.2) is 43.0 Å². The summed E-state index contributed by atoms with van der Waals surface area (Å²) < 4.78 is 6.09. The summed E-state index contributed by atoms with van der Waals surface area (Å²) in [5, 5.41) is 0. The topological polar surface area (TPSA) is 9.23 Å². The largest absolute Gasteiger partial charge is 0.370 e. The van der Waals surface area contributed by atoms with Crippen LogP contribution in [0.3, 0.4) is 0 Å². The molecule has 88 valence electrons. The van der Waals surface area contributed by atoms with Crippen LogP contribution < -0.4 is 0 Å². The van der Waals surface area contributed by atoms with Gasteiger partial charge < -0.3 is 4.74 Å². The number of ether oxygens (including phenoxy) is 1. The van der Waals surface area contributed by atoms with E-state index in [9.17, 15) is 0 Å². The third-order valence-electron chi connectivity index (χ3n) is 2.69. The van der Waals surface area contributed by atoms with Crippen molar-refractivity contribution in [3.8, 4) is 0 Å². The Morgan fingerprint density at radius 2 is 1.75 bits per heavy atom. The predicted octanol–water partition coefficient (Wildman–Crippen LogP) is 4.20. The van der Waals surface area contributed by atoms with Gasteiger partial charge in [-0.25, -0.2) is 0 Å². The van der Waals surface area contributed by atoms with Gasteiger partial charge in [-0.15, -0.1) is 6.58 Å². The SMILES string of the molecule is C=CC(OC(C)c1ccccc1)[Si](C)(C)C. The maximum Gasteiger partial charge on any atom is 0.0834 e. The summed E-state index contributed by atoms with van der Waals surface area (Å²) in [5.74, 6) is 0. The van der Waals surface area contributed by atoms with E-state index in [2.05, 4.69) is 45.3 Å². The second-order valence-electron chi connectivity index (χ2n) is 5.21. The molecule has 0 radical (unpaired) electrons. The molecule has 16 heavy (non-hydrogen) atoms. The summed E-state index contributed by atoms with van der Waals surface area (Å²) >= 11 is 0. The fraction of sp³-hybridized carbons (Fsp3) is 0.429. The highest BCUT2D eigenvalue weighted by atomic mass is 28.3. The van der Waals surface area contributed by atoms with Crippen LogP contribution in [0.5, 0.6) is 0 Å². The van der Waals surface area contributed by atoms with Gasteiger partial charge in [0, 0.05) is 0 Å². The van der Waals surface area contributed by atoms with E-state index in [1.54, 1.807) is 0 Å². The van der Waals surface area contributed by atoms with Crippen LogP contribution in [0.2, 0.25) is 19.6 Å². The Balaban J connectivity index is 2.70. The Hall–Kier alpha value is -0.863. The smallest absolute Gasteiger partial charge is 0.0834 e. The van der Waals surface area contributed by atoms with E-state index in [1.807, 2.05) is 24.3 Å². The number of rotatable bonds is 5. The highest BCUT2D eigenvalue weighted by Crippen LogP contribution is 2.23. The van der Waals surface area contributed by atoms with E-state index in [4.69, 9.17) is 4.74 Å². The van der Waals surface area contributed by atoms with Crippen LogP contribution >= 0.6 is 0 Å². The monoisotopic (exact) mass is 234 g/mol. The molecule has 0 aliphatic heterocycles. The zero-order valence-corrected chi connectivity index (χ0v) is 11.7. The highest BCUT2D eigenvalue weighted by molar-refractivity contribution is 6.77. The fourth-order valence-electron chi connectivity index (χ4n) is 1.64. The molecule has 2 atom stereocenters. The van der Waals surface area contributed by atoms with E-state index in [1.165, 1.54) is 5.56 Å². The standard InChI is InChI=1S/C14H22OSi/c1-6-14(16(3,4)5)15-12(2)13-10-8-7-9-11-13/h6-12,14H,1H2,2-5H3. The highest BCUT2D eigenvalue weighted by Gasteiger charge is 2.26. The third-order valence-corrected chi connectivity index (χ3v) is 4.77. The second-order valence-corrected chi connectivity index (χ2v) is 10.5. The summed E-state index contributed by atoms with van der Waals surface area (Å²) in [5.41, 5.74) is 1.44. The van der Waals surface area contributed by atoms with Crippen molar-refractivity contribution in [2.45, 2.75) is 38.4 Å². The van der Waals surface area contributed by atoms with Crippen molar-refractivity contribution in [1.82, 2.24) is 0 Å². The average molecular weight is 234 g/mol. The van der Waals surface area contributed by atoms with Crippen LogP contribution in [-0.4, -0.2) is 13.8 Å². The zero-order chi connectivity index (χ0) is 12.2. The normalized spacial score (nSPS) is 15.5. The fourth-order valence-corrected chi connectivity index (χ4v) is 2.96. The van der Waals surface area contributed by atoms with E-state index < -0.39 is 8.07 Å². The molecule has 0 aliphatic carbocycles. The lowest BCUT2D eigenvalue weighted by atomic mass is 10.1. The first kappa shape index (κ1) is 13.2. The first-order chi connectivity index (χ1) is 7.45. The second kappa shape index (κ2) is 5.46. The minimum atomic E-state index is -1.32. The lowest BCUT2D eigenvalue weighted by Gasteiger charge is -2.29. The van der Waals surface area contributed by atoms with Crippen molar-refractivity contribution in [3.05, 3.63) is 48.6 Å². The van der Waals surface area contributed by atoms with Crippen molar-refractivity contribution in [2.75, 3.05) is 0 Å². The maximum atomic E-state index is 6.09. The van der Waals surface area contributed by atoms with Crippen molar-refractivity contribution in [2.24, 2.45) is 0 Å². The molecular weight excluding hydrogens is 212 g/mol. The molecule has 2 unspecified atom stereocenters. The molecule has 2 heteroatoms. The molecule has 1 nitrogen and oxygen atoms in total. The summed E-state index contributed by atoms with van der Waals surface area (Å²) in [6, 6.07) is 10.3. The van der Waals surface area contributed by atoms with E-state index in [-0.39, 0.29) is 11.8 Å². The van der Waals surface area contributed by atoms with Crippen molar-refractivity contribution in [3.63, 3.8) is 0 Å². The summed E-state index contributed by atoms with van der Waals surface area (Å²) in [6.45, 7) is 12.9. The van der Waals surface area contributed by atoms with Crippen LogP contribution in [0, 0.1) is 0 Å². The van der Waals surface area contributed by atoms with Crippen LogP contribution in [-0.2, 0) is 4.74 Å². The molecule has 0 aromatic heterocycles. The van der Waals surface area contributed by atoms with E-state index >= 15 is 0 Å². The van der Waals surface area contributed by atoms with Crippen molar-refractivity contribution >= 4 is 8.07 Å². The molecule has 0 bridgehead atoms. The van der Waals surface area contributed by atoms with Gasteiger partial charge in [0.25, 0.3) is 0 Å². The molecule has 0 fully saturated rings. The lowest BCUT2D eigenvalue weighted by Crippen LogP contribution is -2.39. The Labute approximate surface area is 100 Å². The van der Waals surface area contributed by atoms with Gasteiger partial charge in [-0.3, -0.25) is 0 Å². The summed E-state index contributed by atoms with van der Waals surface area (Å²) in [4.78, 5) is 0. The van der Waals surface area contributed by atoms with Gasteiger partial charge in [0.1, 0.15) is 0 Å². The third kappa shape index (κ3) is 3.61. The summed E-state index contributed by atoms with van der Waals surface area (Å²) in [6.07, 6.45) is 2.09. The lowest BCUT2D eigenvalue weighted by molar-refractivity contribution is 0.0597. The molecule has 0 amide bonds. The van der Waals surface area contributed by atoms with Crippen molar-refractivity contribution in [1.29, 1.82) is 0 Å². The summed E-state index contributed by atoms with van der Waals surface area (Å²) in [7, 11) is -1.32. The molecule has 1 aromatic carbocycles. The Morgan fingerprint density at radius 1 is 1.19 bits per heavy atom. The number of hydrogen-bond acceptors (Lipinski definition) is 1. The number of benzene rings is 1. The van der Waals surface area contributed by atoms with Gasteiger partial charge in [0.05, 0.1) is 19.9 Å². The predicted molar refractivity (Wildman–Crippen MR) is 73.3 cm³/mol. The van der Waals surface area contributed by atoms with Crippen molar-refractivity contribution < 1.29 is 4.74 Å². The molecular formula is C14H22OSi. The minimum Gasteiger partial charge on any atom is -0.370 e. The molecule has 0 N–H and O–H groups in total. The molecule has 1 rings (SSSR count). The van der Waals surface area contributed by atoms with Crippen LogP contribution in [0.4, 0.5) is 0 Å². The first-order valence-electron chi connectivity index (χ1n) is 5.78. The van der Waals surface area contributed by atoms with Gasteiger partial charge in [-0.2, -0.15) is 0 Å². The average Bonchev–Trinajstić information content (AvgIpc) is 2.25. The molecule has 0 saturated heterocycles. The Bertz CT molecular complexity index is 326. The van der Waals surface area contributed by atoms with E-state index in [0.717, 1.165) is 0 Å². The van der Waals surface area contributed by atoms with Crippen LogP contribution in [0.1, 0.15) is 18.6 Å². The molecule has 1 aromatic rings. The zero-order valence-electron chi connectivity index (χ0n) is 10.7. The van der Waals surface area contributed by atoms with E-state index in [0.29, 0.717) is 0 Å². The Morgan fingerprint density at radius 3 is 2.19 bits per heavy atom.